The van der Waals surface area contributed by atoms with Gasteiger partial charge in [-0.15, -0.1) is 0 Å². The lowest BCUT2D eigenvalue weighted by atomic mass is 10.1. The lowest BCUT2D eigenvalue weighted by Crippen LogP contribution is -1.95. The van der Waals surface area contributed by atoms with Crippen LogP contribution in [0.5, 0.6) is 0 Å². The van der Waals surface area contributed by atoms with Crippen LogP contribution < -0.4 is 0 Å². The van der Waals surface area contributed by atoms with Crippen LogP contribution in [0.15, 0.2) is 61.2 Å². The molecule has 0 atom stereocenters. The quantitative estimate of drug-likeness (QED) is 0.605. The van der Waals surface area contributed by atoms with Crippen LogP contribution in [0.25, 0.3) is 22.4 Å². The topological polar surface area (TPSA) is 83.8 Å². The first-order valence-corrected chi connectivity index (χ1v) is 7.47. The third-order valence-electron chi connectivity index (χ3n) is 3.88. The van der Waals surface area contributed by atoms with Crippen molar-refractivity contribution >= 4 is 17.0 Å². The van der Waals surface area contributed by atoms with Crippen molar-refractivity contribution in [3.05, 3.63) is 72.3 Å². The molecule has 0 amide bonds. The number of benzene rings is 2. The van der Waals surface area contributed by atoms with E-state index in [4.69, 9.17) is 5.11 Å². The van der Waals surface area contributed by atoms with E-state index < -0.39 is 5.97 Å². The maximum absolute atomic E-state index is 10.9. The lowest BCUT2D eigenvalue weighted by Gasteiger charge is -2.01. The van der Waals surface area contributed by atoms with Gasteiger partial charge < -0.3 is 14.7 Å². The number of nitrogens with zero attached hydrogens (tertiary/aromatic N) is 3. The van der Waals surface area contributed by atoms with E-state index in [1.54, 1.807) is 36.8 Å². The Bertz CT molecular complexity index is 1000. The highest BCUT2D eigenvalue weighted by Gasteiger charge is 2.08. The zero-order valence-corrected chi connectivity index (χ0v) is 12.7. The number of nitrogens with one attached hydrogen (secondary N) is 1. The highest BCUT2D eigenvalue weighted by atomic mass is 16.4. The van der Waals surface area contributed by atoms with Crippen molar-refractivity contribution < 1.29 is 9.90 Å². The molecular formula is C18H14N4O2. The summed E-state index contributed by atoms with van der Waals surface area (Å²) in [5.74, 6) is -0.211. The van der Waals surface area contributed by atoms with Gasteiger partial charge in [0.25, 0.3) is 0 Å². The molecule has 118 valence electrons. The van der Waals surface area contributed by atoms with Crippen LogP contribution in [0.1, 0.15) is 15.9 Å². The van der Waals surface area contributed by atoms with E-state index in [1.165, 1.54) is 0 Å². The molecule has 0 aliphatic heterocycles. The van der Waals surface area contributed by atoms with E-state index in [9.17, 15) is 4.79 Å². The van der Waals surface area contributed by atoms with Crippen molar-refractivity contribution in [2.24, 2.45) is 0 Å². The number of aromatic carboxylic acids is 1. The second-order valence-corrected chi connectivity index (χ2v) is 5.55. The van der Waals surface area contributed by atoms with Gasteiger partial charge in [-0.3, -0.25) is 0 Å². The molecule has 0 spiro atoms. The monoisotopic (exact) mass is 318 g/mol. The van der Waals surface area contributed by atoms with Crippen molar-refractivity contribution in [1.82, 2.24) is 19.5 Å². The van der Waals surface area contributed by atoms with Crippen molar-refractivity contribution in [2.45, 2.75) is 6.54 Å². The summed E-state index contributed by atoms with van der Waals surface area (Å²) in [5, 5.41) is 8.97. The van der Waals surface area contributed by atoms with Crippen LogP contribution >= 0.6 is 0 Å². The van der Waals surface area contributed by atoms with E-state index >= 15 is 0 Å². The molecule has 0 radical (unpaired) electrons. The smallest absolute Gasteiger partial charge is 0.335 e. The highest BCUT2D eigenvalue weighted by Crippen LogP contribution is 2.22. The summed E-state index contributed by atoms with van der Waals surface area (Å²) >= 11 is 0. The minimum absolute atomic E-state index is 0.262. The summed E-state index contributed by atoms with van der Waals surface area (Å²) in [6.07, 6.45) is 5.47. The van der Waals surface area contributed by atoms with E-state index in [0.717, 1.165) is 34.5 Å². The average molecular weight is 318 g/mol. The molecule has 6 nitrogen and oxygen atoms in total. The number of carbonyl (C=O) groups is 1. The van der Waals surface area contributed by atoms with Gasteiger partial charge in [0.05, 0.1) is 22.9 Å². The first-order chi connectivity index (χ1) is 11.7. The van der Waals surface area contributed by atoms with Gasteiger partial charge >= 0.3 is 5.97 Å². The average Bonchev–Trinajstić information content (AvgIpc) is 3.24. The van der Waals surface area contributed by atoms with E-state index in [2.05, 4.69) is 21.0 Å². The number of aromatic amines is 1. The Kier molecular flexibility index (Phi) is 3.35. The van der Waals surface area contributed by atoms with Gasteiger partial charge in [0.1, 0.15) is 5.82 Å². The van der Waals surface area contributed by atoms with Gasteiger partial charge in [-0.2, -0.15) is 0 Å². The van der Waals surface area contributed by atoms with Gasteiger partial charge in [-0.25, -0.2) is 14.8 Å². The molecule has 2 aromatic carbocycles. The van der Waals surface area contributed by atoms with Crippen molar-refractivity contribution in [3.63, 3.8) is 0 Å². The summed E-state index contributed by atoms with van der Waals surface area (Å²) in [4.78, 5) is 22.8. The van der Waals surface area contributed by atoms with E-state index in [1.807, 2.05) is 22.9 Å². The van der Waals surface area contributed by atoms with Crippen molar-refractivity contribution in [3.8, 4) is 11.4 Å². The standard InChI is InChI=1S/C18H14N4O2/c23-18(24)14-4-2-13(3-5-14)17-20-15-6-1-12(9-16(15)21-17)10-22-8-7-19-11-22/h1-9,11H,10H2,(H,20,21)(H,23,24). The van der Waals surface area contributed by atoms with Crippen molar-refractivity contribution in [1.29, 1.82) is 0 Å². The number of aromatic nitrogens is 4. The normalized spacial score (nSPS) is 11.0. The predicted molar refractivity (Wildman–Crippen MR) is 89.8 cm³/mol. The van der Waals surface area contributed by atoms with Gasteiger partial charge in [0.2, 0.25) is 0 Å². The zero-order chi connectivity index (χ0) is 16.5. The molecule has 0 saturated heterocycles. The van der Waals surface area contributed by atoms with Crippen LogP contribution in [0, 0.1) is 0 Å². The Hall–Kier alpha value is -3.41. The molecule has 0 saturated carbocycles. The summed E-state index contributed by atoms with van der Waals surface area (Å²) in [7, 11) is 0. The Labute approximate surface area is 137 Å². The molecule has 0 unspecified atom stereocenters. The number of carboxylic acid groups (broad SMARTS) is 1. The Morgan fingerprint density at radius 1 is 1.17 bits per heavy atom. The molecule has 4 rings (SSSR count). The first-order valence-electron chi connectivity index (χ1n) is 7.47. The summed E-state index contributed by atoms with van der Waals surface area (Å²) in [6, 6.07) is 12.8. The number of carboxylic acids is 1. The van der Waals surface area contributed by atoms with E-state index in [0.29, 0.717) is 0 Å². The zero-order valence-electron chi connectivity index (χ0n) is 12.7. The van der Waals surface area contributed by atoms with Crippen LogP contribution in [0.4, 0.5) is 0 Å². The summed E-state index contributed by atoms with van der Waals surface area (Å²) in [6.45, 7) is 0.748. The lowest BCUT2D eigenvalue weighted by molar-refractivity contribution is 0.0697. The molecule has 0 bridgehead atoms. The summed E-state index contributed by atoms with van der Waals surface area (Å²) < 4.78 is 2.00. The molecule has 0 aliphatic rings. The highest BCUT2D eigenvalue weighted by molar-refractivity contribution is 5.88. The van der Waals surface area contributed by atoms with Crippen LogP contribution in [0.2, 0.25) is 0 Å². The fraction of sp³-hybridized carbons (Fsp3) is 0.0556. The predicted octanol–water partition coefficient (Wildman–Crippen LogP) is 3.17. The number of H-pyrrole nitrogens is 1. The SMILES string of the molecule is O=C(O)c1ccc(-c2nc3ccc(Cn4ccnc4)cc3[nH]2)cc1. The van der Waals surface area contributed by atoms with Gasteiger partial charge in [0.15, 0.2) is 0 Å². The van der Waals surface area contributed by atoms with Gasteiger partial charge in [0, 0.05) is 24.5 Å². The number of hydrogen-bond donors (Lipinski definition) is 2. The van der Waals surface area contributed by atoms with Crippen LogP contribution in [-0.2, 0) is 6.54 Å². The van der Waals surface area contributed by atoms with Crippen LogP contribution in [-0.4, -0.2) is 30.6 Å². The molecule has 4 aromatic rings. The molecular weight excluding hydrogens is 304 g/mol. The number of fused-ring (bicyclic) bond motifs is 1. The third kappa shape index (κ3) is 2.65. The van der Waals surface area contributed by atoms with Crippen molar-refractivity contribution in [2.75, 3.05) is 0 Å². The summed E-state index contributed by atoms with van der Waals surface area (Å²) in [5.41, 5.74) is 4.09. The minimum Gasteiger partial charge on any atom is -0.478 e. The second kappa shape index (κ2) is 5.66. The maximum atomic E-state index is 10.9. The molecule has 0 fully saturated rings. The molecule has 24 heavy (non-hydrogen) atoms. The fourth-order valence-corrected chi connectivity index (χ4v) is 2.65. The van der Waals surface area contributed by atoms with Gasteiger partial charge in [-0.05, 0) is 29.8 Å². The first kappa shape index (κ1) is 14.2. The van der Waals surface area contributed by atoms with Crippen LogP contribution in [0.3, 0.4) is 0 Å². The molecule has 2 aromatic heterocycles. The Balaban J connectivity index is 1.66. The largest absolute Gasteiger partial charge is 0.478 e. The third-order valence-corrected chi connectivity index (χ3v) is 3.88. The van der Waals surface area contributed by atoms with Gasteiger partial charge in [-0.1, -0.05) is 18.2 Å². The molecule has 6 heteroatoms. The van der Waals surface area contributed by atoms with E-state index in [-0.39, 0.29) is 5.56 Å². The molecule has 0 aliphatic carbocycles. The second-order valence-electron chi connectivity index (χ2n) is 5.55. The minimum atomic E-state index is -0.935. The number of imidazole rings is 2. The molecule has 2 N–H and O–H groups in total. The Morgan fingerprint density at radius 3 is 2.71 bits per heavy atom. The number of rotatable bonds is 4. The fourth-order valence-electron chi connectivity index (χ4n) is 2.65. The Morgan fingerprint density at radius 2 is 2.00 bits per heavy atom. The molecule has 2 heterocycles. The number of hydrogen-bond acceptors (Lipinski definition) is 3. The maximum Gasteiger partial charge on any atom is 0.335 e.